The molecule has 2 unspecified atom stereocenters. The number of likely N-dealkylation sites (tertiary alicyclic amines) is 1. The predicted octanol–water partition coefficient (Wildman–Crippen LogP) is 3.62. The van der Waals surface area contributed by atoms with Gasteiger partial charge < -0.3 is 5.32 Å². The summed E-state index contributed by atoms with van der Waals surface area (Å²) in [5.41, 5.74) is 1.33. The van der Waals surface area contributed by atoms with Crippen LogP contribution in [0.25, 0.3) is 0 Å². The molecule has 0 aromatic heterocycles. The Balaban J connectivity index is 1.63. The monoisotopic (exact) mass is 278 g/mol. The molecule has 19 heavy (non-hydrogen) atoms. The van der Waals surface area contributed by atoms with Gasteiger partial charge in [0.2, 0.25) is 0 Å². The zero-order valence-electron chi connectivity index (χ0n) is 11.6. The largest absolute Gasteiger partial charge is 0.310 e. The van der Waals surface area contributed by atoms with Crippen LogP contribution in [0.1, 0.15) is 44.2 Å². The van der Waals surface area contributed by atoms with Crippen molar-refractivity contribution in [3.63, 3.8) is 0 Å². The van der Waals surface area contributed by atoms with Crippen molar-refractivity contribution in [3.05, 3.63) is 34.9 Å². The lowest BCUT2D eigenvalue weighted by Gasteiger charge is -2.37. The minimum Gasteiger partial charge on any atom is -0.310 e. The zero-order chi connectivity index (χ0) is 13.2. The number of halogens is 1. The molecule has 0 amide bonds. The van der Waals surface area contributed by atoms with Crippen LogP contribution in [0.3, 0.4) is 0 Å². The first-order chi connectivity index (χ1) is 9.22. The highest BCUT2D eigenvalue weighted by atomic mass is 35.5. The molecule has 104 valence electrons. The molecule has 2 atom stereocenters. The summed E-state index contributed by atoms with van der Waals surface area (Å²) in [6.45, 7) is 4.67. The Labute approximate surface area is 121 Å². The molecule has 2 aliphatic rings. The standard InChI is InChI=1S/C16H23ClN2/c1-12(13-4-2-5-14(17)10-13)19-9-3-6-16(11-19)18-15-7-8-15/h2,4-5,10,12,15-16,18H,3,6-9,11H2,1H3. The van der Waals surface area contributed by atoms with E-state index in [-0.39, 0.29) is 0 Å². The molecule has 1 aromatic rings. The Kier molecular flexibility index (Phi) is 4.11. The van der Waals surface area contributed by atoms with Crippen LogP contribution in [0.5, 0.6) is 0 Å². The van der Waals surface area contributed by atoms with Gasteiger partial charge in [-0.05, 0) is 56.8 Å². The fourth-order valence-electron chi connectivity index (χ4n) is 3.05. The Bertz CT molecular complexity index is 431. The number of rotatable bonds is 4. The predicted molar refractivity (Wildman–Crippen MR) is 80.6 cm³/mol. The summed E-state index contributed by atoms with van der Waals surface area (Å²) in [5, 5.41) is 4.61. The summed E-state index contributed by atoms with van der Waals surface area (Å²) >= 11 is 6.10. The molecule has 3 rings (SSSR count). The second-order valence-electron chi connectivity index (χ2n) is 6.01. The van der Waals surface area contributed by atoms with Gasteiger partial charge in [-0.1, -0.05) is 23.7 Å². The molecule has 2 fully saturated rings. The highest BCUT2D eigenvalue weighted by Crippen LogP contribution is 2.27. The SMILES string of the molecule is CC(c1cccc(Cl)c1)N1CCCC(NC2CC2)C1. The summed E-state index contributed by atoms with van der Waals surface area (Å²) in [6, 6.07) is 10.2. The van der Waals surface area contributed by atoms with Crippen molar-refractivity contribution in [1.29, 1.82) is 0 Å². The average molecular weight is 279 g/mol. The highest BCUT2D eigenvalue weighted by Gasteiger charge is 2.29. The summed E-state index contributed by atoms with van der Waals surface area (Å²) in [6.07, 6.45) is 5.38. The zero-order valence-corrected chi connectivity index (χ0v) is 12.4. The van der Waals surface area contributed by atoms with E-state index in [0.717, 1.165) is 11.1 Å². The smallest absolute Gasteiger partial charge is 0.0409 e. The Hall–Kier alpha value is -0.570. The normalized spacial score (nSPS) is 26.3. The summed E-state index contributed by atoms with van der Waals surface area (Å²) in [5.74, 6) is 0. The Morgan fingerprint density at radius 3 is 2.84 bits per heavy atom. The average Bonchev–Trinajstić information content (AvgIpc) is 3.22. The van der Waals surface area contributed by atoms with E-state index in [1.807, 2.05) is 6.07 Å². The fourth-order valence-corrected chi connectivity index (χ4v) is 3.25. The van der Waals surface area contributed by atoms with Gasteiger partial charge in [-0.3, -0.25) is 4.90 Å². The first kappa shape index (κ1) is 13.4. The van der Waals surface area contributed by atoms with Crippen LogP contribution >= 0.6 is 11.6 Å². The van der Waals surface area contributed by atoms with E-state index in [2.05, 4.69) is 35.3 Å². The third-order valence-corrected chi connectivity index (χ3v) is 4.62. The lowest BCUT2D eigenvalue weighted by atomic mass is 10.0. The van der Waals surface area contributed by atoms with Gasteiger partial charge in [0.25, 0.3) is 0 Å². The van der Waals surface area contributed by atoms with Gasteiger partial charge in [0.1, 0.15) is 0 Å². The quantitative estimate of drug-likeness (QED) is 0.905. The fraction of sp³-hybridized carbons (Fsp3) is 0.625. The Morgan fingerprint density at radius 2 is 2.11 bits per heavy atom. The second-order valence-corrected chi connectivity index (χ2v) is 6.44. The Morgan fingerprint density at radius 1 is 1.26 bits per heavy atom. The van der Waals surface area contributed by atoms with E-state index in [4.69, 9.17) is 11.6 Å². The van der Waals surface area contributed by atoms with E-state index < -0.39 is 0 Å². The van der Waals surface area contributed by atoms with Crippen molar-refractivity contribution >= 4 is 11.6 Å². The maximum Gasteiger partial charge on any atom is 0.0409 e. The molecule has 1 aromatic carbocycles. The van der Waals surface area contributed by atoms with E-state index in [9.17, 15) is 0 Å². The minimum absolute atomic E-state index is 0.461. The van der Waals surface area contributed by atoms with Gasteiger partial charge >= 0.3 is 0 Å². The van der Waals surface area contributed by atoms with E-state index in [1.165, 1.54) is 44.3 Å². The maximum absolute atomic E-state index is 6.10. The van der Waals surface area contributed by atoms with E-state index >= 15 is 0 Å². The summed E-state index contributed by atoms with van der Waals surface area (Å²) < 4.78 is 0. The van der Waals surface area contributed by atoms with E-state index in [1.54, 1.807) is 0 Å². The number of nitrogens with one attached hydrogen (secondary N) is 1. The third kappa shape index (κ3) is 3.50. The van der Waals surface area contributed by atoms with Gasteiger partial charge in [-0.2, -0.15) is 0 Å². The molecule has 1 saturated heterocycles. The number of nitrogens with zero attached hydrogens (tertiary/aromatic N) is 1. The van der Waals surface area contributed by atoms with Crippen molar-refractivity contribution in [1.82, 2.24) is 10.2 Å². The van der Waals surface area contributed by atoms with Crippen LogP contribution in [-0.2, 0) is 0 Å². The molecule has 1 aliphatic heterocycles. The molecule has 0 spiro atoms. The second kappa shape index (κ2) is 5.82. The minimum atomic E-state index is 0.461. The number of hydrogen-bond acceptors (Lipinski definition) is 2. The molecule has 0 radical (unpaired) electrons. The summed E-state index contributed by atoms with van der Waals surface area (Å²) in [7, 11) is 0. The number of hydrogen-bond donors (Lipinski definition) is 1. The number of piperidine rings is 1. The maximum atomic E-state index is 6.10. The van der Waals surface area contributed by atoms with Gasteiger partial charge in [0, 0.05) is 29.7 Å². The van der Waals surface area contributed by atoms with Gasteiger partial charge in [-0.25, -0.2) is 0 Å². The van der Waals surface area contributed by atoms with Crippen LogP contribution in [0, 0.1) is 0 Å². The van der Waals surface area contributed by atoms with Crippen LogP contribution in [-0.4, -0.2) is 30.1 Å². The van der Waals surface area contributed by atoms with Gasteiger partial charge in [0.05, 0.1) is 0 Å². The number of benzene rings is 1. The lowest BCUT2D eigenvalue weighted by molar-refractivity contribution is 0.145. The molecular formula is C16H23ClN2. The van der Waals surface area contributed by atoms with Crippen LogP contribution in [0.2, 0.25) is 5.02 Å². The summed E-state index contributed by atoms with van der Waals surface area (Å²) in [4.78, 5) is 2.59. The molecular weight excluding hydrogens is 256 g/mol. The lowest BCUT2D eigenvalue weighted by Crippen LogP contribution is -2.47. The van der Waals surface area contributed by atoms with Crippen molar-refractivity contribution in [2.75, 3.05) is 13.1 Å². The first-order valence-corrected chi connectivity index (χ1v) is 7.86. The van der Waals surface area contributed by atoms with Gasteiger partial charge in [-0.15, -0.1) is 0 Å². The first-order valence-electron chi connectivity index (χ1n) is 7.48. The molecule has 1 aliphatic carbocycles. The topological polar surface area (TPSA) is 15.3 Å². The van der Waals surface area contributed by atoms with E-state index in [0.29, 0.717) is 12.1 Å². The third-order valence-electron chi connectivity index (χ3n) is 4.38. The molecule has 3 heteroatoms. The van der Waals surface area contributed by atoms with Crippen molar-refractivity contribution in [3.8, 4) is 0 Å². The molecule has 2 nitrogen and oxygen atoms in total. The molecule has 1 heterocycles. The van der Waals surface area contributed by atoms with Crippen LogP contribution in [0.4, 0.5) is 0 Å². The molecule has 0 bridgehead atoms. The van der Waals surface area contributed by atoms with Crippen molar-refractivity contribution in [2.24, 2.45) is 0 Å². The van der Waals surface area contributed by atoms with Gasteiger partial charge in [0.15, 0.2) is 0 Å². The molecule has 1 saturated carbocycles. The van der Waals surface area contributed by atoms with Crippen molar-refractivity contribution < 1.29 is 0 Å². The van der Waals surface area contributed by atoms with Crippen molar-refractivity contribution in [2.45, 2.75) is 50.7 Å². The van der Waals surface area contributed by atoms with Crippen LogP contribution in [0.15, 0.2) is 24.3 Å². The highest BCUT2D eigenvalue weighted by molar-refractivity contribution is 6.30. The van der Waals surface area contributed by atoms with Crippen LogP contribution < -0.4 is 5.32 Å². The molecule has 1 N–H and O–H groups in total.